The molecule has 0 spiro atoms. The number of ether oxygens (including phenoxy) is 1. The lowest BCUT2D eigenvalue weighted by atomic mass is 10.2. The number of hydrogen-bond acceptors (Lipinski definition) is 3. The van der Waals surface area contributed by atoms with Crippen LogP contribution in [0.2, 0.25) is 0 Å². The highest BCUT2D eigenvalue weighted by Crippen LogP contribution is 2.22. The summed E-state index contributed by atoms with van der Waals surface area (Å²) in [5.41, 5.74) is 2.09. The highest BCUT2D eigenvalue weighted by molar-refractivity contribution is 5.34. The van der Waals surface area contributed by atoms with Crippen LogP contribution in [0.4, 0.5) is 0 Å². The Hall–Kier alpha value is -1.84. The summed E-state index contributed by atoms with van der Waals surface area (Å²) in [6.07, 6.45) is 0. The van der Waals surface area contributed by atoms with Gasteiger partial charge in [-0.3, -0.25) is 5.26 Å². The first-order valence-corrected chi connectivity index (χ1v) is 5.38. The predicted octanol–water partition coefficient (Wildman–Crippen LogP) is 3.78. The van der Waals surface area contributed by atoms with Crippen molar-refractivity contribution in [2.24, 2.45) is 0 Å². The largest absolute Gasteiger partial charge is 0.457 e. The minimum atomic E-state index is 0.185. The second-order valence-electron chi connectivity index (χ2n) is 3.83. The summed E-state index contributed by atoms with van der Waals surface area (Å²) in [4.78, 5) is 4.06. The first-order chi connectivity index (χ1) is 8.28. The van der Waals surface area contributed by atoms with Crippen LogP contribution >= 0.6 is 0 Å². The fourth-order valence-corrected chi connectivity index (χ4v) is 1.47. The van der Waals surface area contributed by atoms with Gasteiger partial charge in [-0.25, -0.2) is 4.89 Å². The summed E-state index contributed by atoms with van der Waals surface area (Å²) < 4.78 is 5.66. The molecule has 0 aliphatic rings. The molecule has 0 heterocycles. The van der Waals surface area contributed by atoms with Gasteiger partial charge in [-0.05, 0) is 36.8 Å². The third-order valence-corrected chi connectivity index (χ3v) is 2.41. The van der Waals surface area contributed by atoms with Crippen molar-refractivity contribution in [3.8, 4) is 11.5 Å². The molecule has 17 heavy (non-hydrogen) atoms. The van der Waals surface area contributed by atoms with Gasteiger partial charge in [0.2, 0.25) is 0 Å². The smallest absolute Gasteiger partial charge is 0.127 e. The third kappa shape index (κ3) is 3.31. The number of aryl methyl sites for hydroxylation is 1. The molecule has 0 saturated heterocycles. The average Bonchev–Trinajstić information content (AvgIpc) is 2.35. The fourth-order valence-electron chi connectivity index (χ4n) is 1.47. The molecule has 0 amide bonds. The molecule has 1 N–H and O–H groups in total. The van der Waals surface area contributed by atoms with Gasteiger partial charge < -0.3 is 4.74 Å². The summed E-state index contributed by atoms with van der Waals surface area (Å²) in [5, 5.41) is 8.32. The summed E-state index contributed by atoms with van der Waals surface area (Å²) >= 11 is 0. The van der Waals surface area contributed by atoms with E-state index in [1.807, 2.05) is 55.5 Å². The topological polar surface area (TPSA) is 38.7 Å². The van der Waals surface area contributed by atoms with Gasteiger partial charge in [0.15, 0.2) is 0 Å². The summed E-state index contributed by atoms with van der Waals surface area (Å²) in [7, 11) is 0. The van der Waals surface area contributed by atoms with Crippen molar-refractivity contribution in [3.05, 3.63) is 59.7 Å². The van der Waals surface area contributed by atoms with Crippen molar-refractivity contribution in [1.29, 1.82) is 0 Å². The van der Waals surface area contributed by atoms with Crippen molar-refractivity contribution in [3.63, 3.8) is 0 Å². The van der Waals surface area contributed by atoms with E-state index in [2.05, 4.69) is 4.89 Å². The molecule has 0 aromatic heterocycles. The zero-order valence-electron chi connectivity index (χ0n) is 9.59. The molecule has 0 aliphatic carbocycles. The Morgan fingerprint density at radius 1 is 0.882 bits per heavy atom. The zero-order valence-corrected chi connectivity index (χ0v) is 9.59. The quantitative estimate of drug-likeness (QED) is 0.641. The van der Waals surface area contributed by atoms with Crippen LogP contribution in [0.25, 0.3) is 0 Å². The van der Waals surface area contributed by atoms with E-state index >= 15 is 0 Å². The maximum absolute atomic E-state index is 8.32. The predicted molar refractivity (Wildman–Crippen MR) is 65.1 cm³/mol. The van der Waals surface area contributed by atoms with Gasteiger partial charge >= 0.3 is 0 Å². The fraction of sp³-hybridized carbons (Fsp3) is 0.143. The van der Waals surface area contributed by atoms with Gasteiger partial charge in [0.1, 0.15) is 18.1 Å². The second kappa shape index (κ2) is 5.48. The molecule has 0 fully saturated rings. The summed E-state index contributed by atoms with van der Waals surface area (Å²) in [6, 6.07) is 15.2. The van der Waals surface area contributed by atoms with Crippen LogP contribution in [0.3, 0.4) is 0 Å². The Bertz CT molecular complexity index is 460. The minimum Gasteiger partial charge on any atom is -0.457 e. The Kier molecular flexibility index (Phi) is 3.75. The van der Waals surface area contributed by atoms with Gasteiger partial charge in [0.05, 0.1) is 0 Å². The molecule has 3 nitrogen and oxygen atoms in total. The maximum Gasteiger partial charge on any atom is 0.127 e. The van der Waals surface area contributed by atoms with Crippen molar-refractivity contribution in [2.75, 3.05) is 0 Å². The molecular weight excluding hydrogens is 216 g/mol. The van der Waals surface area contributed by atoms with E-state index < -0.39 is 0 Å². The van der Waals surface area contributed by atoms with Gasteiger partial charge in [-0.1, -0.05) is 29.8 Å². The van der Waals surface area contributed by atoms with E-state index in [1.54, 1.807) is 0 Å². The molecule has 0 atom stereocenters. The number of rotatable bonds is 4. The van der Waals surface area contributed by atoms with Gasteiger partial charge in [-0.2, -0.15) is 0 Å². The average molecular weight is 230 g/mol. The summed E-state index contributed by atoms with van der Waals surface area (Å²) in [6.45, 7) is 2.22. The highest BCUT2D eigenvalue weighted by Gasteiger charge is 1.98. The second-order valence-corrected chi connectivity index (χ2v) is 3.83. The molecule has 0 aliphatic heterocycles. The van der Waals surface area contributed by atoms with Crippen molar-refractivity contribution in [1.82, 2.24) is 0 Å². The van der Waals surface area contributed by atoms with Crippen molar-refractivity contribution in [2.45, 2.75) is 13.5 Å². The summed E-state index contributed by atoms with van der Waals surface area (Å²) in [5.74, 6) is 1.57. The molecule has 2 aromatic carbocycles. The van der Waals surface area contributed by atoms with E-state index in [9.17, 15) is 0 Å². The normalized spacial score (nSPS) is 10.2. The van der Waals surface area contributed by atoms with Crippen LogP contribution in [0.15, 0.2) is 48.5 Å². The monoisotopic (exact) mass is 230 g/mol. The molecule has 2 rings (SSSR count). The van der Waals surface area contributed by atoms with Gasteiger partial charge in [0.25, 0.3) is 0 Å². The number of hydrogen-bond donors (Lipinski definition) is 1. The van der Waals surface area contributed by atoms with E-state index in [0.29, 0.717) is 0 Å². The molecule has 0 bridgehead atoms. The molecule has 88 valence electrons. The van der Waals surface area contributed by atoms with Crippen LogP contribution in [0, 0.1) is 6.92 Å². The molecule has 0 saturated carbocycles. The van der Waals surface area contributed by atoms with Gasteiger partial charge in [0, 0.05) is 0 Å². The maximum atomic E-state index is 8.32. The minimum absolute atomic E-state index is 0.185. The first kappa shape index (κ1) is 11.6. The molecule has 2 aromatic rings. The number of benzene rings is 2. The lowest BCUT2D eigenvalue weighted by Gasteiger charge is -2.06. The molecular formula is C14H14O3. The van der Waals surface area contributed by atoms with Gasteiger partial charge in [-0.15, -0.1) is 0 Å². The zero-order chi connectivity index (χ0) is 12.1. The van der Waals surface area contributed by atoms with E-state index in [-0.39, 0.29) is 6.61 Å². The first-order valence-electron chi connectivity index (χ1n) is 5.38. The Balaban J connectivity index is 2.05. The molecule has 0 unspecified atom stereocenters. The van der Waals surface area contributed by atoms with E-state index in [1.165, 1.54) is 5.56 Å². The van der Waals surface area contributed by atoms with E-state index in [4.69, 9.17) is 9.99 Å². The standard InChI is InChI=1S/C14H14O3/c1-11-2-6-13(7-3-11)17-14-8-4-12(5-9-14)10-16-15/h2-9,15H,10H2,1H3. The van der Waals surface area contributed by atoms with Crippen molar-refractivity contribution >= 4 is 0 Å². The Morgan fingerprint density at radius 3 is 1.94 bits per heavy atom. The van der Waals surface area contributed by atoms with Crippen LogP contribution in [0.1, 0.15) is 11.1 Å². The SMILES string of the molecule is Cc1ccc(Oc2ccc(COO)cc2)cc1. The van der Waals surface area contributed by atoms with E-state index in [0.717, 1.165) is 17.1 Å². The molecule has 3 heteroatoms. The van der Waals surface area contributed by atoms with Crippen LogP contribution < -0.4 is 4.74 Å². The third-order valence-electron chi connectivity index (χ3n) is 2.41. The highest BCUT2D eigenvalue weighted by atomic mass is 17.1. The lowest BCUT2D eigenvalue weighted by Crippen LogP contribution is -1.88. The van der Waals surface area contributed by atoms with Crippen LogP contribution in [-0.2, 0) is 11.5 Å². The van der Waals surface area contributed by atoms with Crippen LogP contribution in [-0.4, -0.2) is 5.26 Å². The lowest BCUT2D eigenvalue weighted by molar-refractivity contribution is -0.253. The molecule has 0 radical (unpaired) electrons. The van der Waals surface area contributed by atoms with Crippen LogP contribution in [0.5, 0.6) is 11.5 Å². The van der Waals surface area contributed by atoms with Crippen molar-refractivity contribution < 1.29 is 14.9 Å². The Morgan fingerprint density at radius 2 is 1.41 bits per heavy atom. The Labute approximate surface area is 100 Å².